The summed E-state index contributed by atoms with van der Waals surface area (Å²) in [7, 11) is 0. The second-order valence-corrected chi connectivity index (χ2v) is 4.13. The first-order chi connectivity index (χ1) is 8.60. The molecule has 0 spiro atoms. The summed E-state index contributed by atoms with van der Waals surface area (Å²) in [6, 6.07) is 4.98. The smallest absolute Gasteiger partial charge is 0.326 e. The van der Waals surface area contributed by atoms with E-state index >= 15 is 0 Å². The molecule has 0 aromatic carbocycles. The van der Waals surface area contributed by atoms with Crippen molar-refractivity contribution in [2.75, 3.05) is 13.2 Å². The number of esters is 2. The molecule has 0 saturated heterocycles. The number of hydrogen-bond acceptors (Lipinski definition) is 5. The predicted molar refractivity (Wildman–Crippen MR) is 67.9 cm³/mol. The number of carbonyl (C=O) groups is 2. The summed E-state index contributed by atoms with van der Waals surface area (Å²) < 4.78 is 10.3. The lowest BCUT2D eigenvalue weighted by Gasteiger charge is -2.13. The van der Waals surface area contributed by atoms with Crippen LogP contribution in [0.1, 0.15) is 25.5 Å². The van der Waals surface area contributed by atoms with E-state index in [9.17, 15) is 9.59 Å². The van der Waals surface area contributed by atoms with E-state index in [4.69, 9.17) is 9.47 Å². The summed E-state index contributed by atoms with van der Waals surface area (Å²) in [4.78, 5) is 27.7. The molecule has 1 aromatic heterocycles. The zero-order chi connectivity index (χ0) is 13.5. The van der Waals surface area contributed by atoms with E-state index in [0.717, 1.165) is 0 Å². The highest BCUT2D eigenvalue weighted by molar-refractivity contribution is 9.10. The molecule has 0 saturated carbocycles. The molecule has 1 rings (SSSR count). The molecule has 0 unspecified atom stereocenters. The van der Waals surface area contributed by atoms with Gasteiger partial charge >= 0.3 is 11.9 Å². The Bertz CT molecular complexity index is 418. The van der Waals surface area contributed by atoms with Gasteiger partial charge in [0.25, 0.3) is 0 Å². The van der Waals surface area contributed by atoms with Gasteiger partial charge < -0.3 is 9.47 Å². The molecule has 0 aliphatic carbocycles. The molecular weight excluding hydrogens is 302 g/mol. The Labute approximate surface area is 114 Å². The third-order valence-electron chi connectivity index (χ3n) is 2.08. The van der Waals surface area contributed by atoms with E-state index in [1.54, 1.807) is 32.0 Å². The van der Waals surface area contributed by atoms with E-state index in [2.05, 4.69) is 20.9 Å². The minimum atomic E-state index is -1.14. The molecule has 0 aliphatic heterocycles. The summed E-state index contributed by atoms with van der Waals surface area (Å²) in [5.74, 6) is -2.44. The van der Waals surface area contributed by atoms with Crippen LogP contribution in [0.2, 0.25) is 0 Å². The van der Waals surface area contributed by atoms with Crippen molar-refractivity contribution >= 4 is 27.9 Å². The molecule has 0 fully saturated rings. The fourth-order valence-corrected chi connectivity index (χ4v) is 1.73. The SMILES string of the molecule is CCOC(=O)C(C(=O)OCC)c1cccc(Br)n1. The predicted octanol–water partition coefficient (Wildman–Crippen LogP) is 2.05. The lowest BCUT2D eigenvalue weighted by molar-refractivity contribution is -0.157. The average Bonchev–Trinajstić information content (AvgIpc) is 2.30. The number of aromatic nitrogens is 1. The zero-order valence-electron chi connectivity index (χ0n) is 10.2. The molecule has 0 aliphatic rings. The topological polar surface area (TPSA) is 65.5 Å². The van der Waals surface area contributed by atoms with Crippen molar-refractivity contribution < 1.29 is 19.1 Å². The molecule has 0 N–H and O–H groups in total. The van der Waals surface area contributed by atoms with Crippen LogP contribution in [-0.4, -0.2) is 30.1 Å². The molecule has 98 valence electrons. The van der Waals surface area contributed by atoms with Gasteiger partial charge in [0.05, 0.1) is 18.9 Å². The average molecular weight is 316 g/mol. The highest BCUT2D eigenvalue weighted by Crippen LogP contribution is 2.19. The van der Waals surface area contributed by atoms with Crippen LogP contribution in [0.5, 0.6) is 0 Å². The van der Waals surface area contributed by atoms with Gasteiger partial charge in [-0.1, -0.05) is 6.07 Å². The van der Waals surface area contributed by atoms with E-state index in [0.29, 0.717) is 10.3 Å². The molecule has 0 radical (unpaired) electrons. The monoisotopic (exact) mass is 315 g/mol. The Morgan fingerprint density at radius 3 is 2.22 bits per heavy atom. The summed E-state index contributed by atoms with van der Waals surface area (Å²) >= 11 is 3.19. The third kappa shape index (κ3) is 3.80. The first kappa shape index (κ1) is 14.6. The fourth-order valence-electron chi connectivity index (χ4n) is 1.37. The molecular formula is C12H14BrNO4. The number of ether oxygens (including phenoxy) is 2. The summed E-state index contributed by atoms with van der Waals surface area (Å²) in [6.07, 6.45) is 0. The number of rotatable bonds is 5. The van der Waals surface area contributed by atoms with E-state index < -0.39 is 17.9 Å². The Kier molecular flexibility index (Phi) is 5.77. The highest BCUT2D eigenvalue weighted by Gasteiger charge is 2.32. The fraction of sp³-hybridized carbons (Fsp3) is 0.417. The van der Waals surface area contributed by atoms with Gasteiger partial charge in [-0.05, 0) is 41.9 Å². The van der Waals surface area contributed by atoms with Gasteiger partial charge in [0.1, 0.15) is 4.60 Å². The number of hydrogen-bond donors (Lipinski definition) is 0. The number of halogens is 1. The maximum atomic E-state index is 11.8. The molecule has 6 heteroatoms. The molecule has 0 bridgehead atoms. The van der Waals surface area contributed by atoms with E-state index in [1.165, 1.54) is 0 Å². The Balaban J connectivity index is 3.03. The van der Waals surface area contributed by atoms with Crippen LogP contribution >= 0.6 is 15.9 Å². The third-order valence-corrected chi connectivity index (χ3v) is 2.52. The van der Waals surface area contributed by atoms with Gasteiger partial charge in [0, 0.05) is 0 Å². The number of carbonyl (C=O) groups excluding carboxylic acids is 2. The largest absolute Gasteiger partial charge is 0.465 e. The van der Waals surface area contributed by atoms with Crippen molar-refractivity contribution in [3.05, 3.63) is 28.5 Å². The Morgan fingerprint density at radius 1 is 1.22 bits per heavy atom. The highest BCUT2D eigenvalue weighted by atomic mass is 79.9. The van der Waals surface area contributed by atoms with Crippen LogP contribution in [0.4, 0.5) is 0 Å². The van der Waals surface area contributed by atoms with Crippen LogP contribution < -0.4 is 0 Å². The minimum absolute atomic E-state index is 0.197. The normalized spacial score (nSPS) is 10.2. The van der Waals surface area contributed by atoms with Crippen molar-refractivity contribution in [3.63, 3.8) is 0 Å². The minimum Gasteiger partial charge on any atom is -0.465 e. The van der Waals surface area contributed by atoms with Crippen LogP contribution in [0.15, 0.2) is 22.8 Å². The Morgan fingerprint density at radius 2 is 1.78 bits per heavy atom. The zero-order valence-corrected chi connectivity index (χ0v) is 11.8. The van der Waals surface area contributed by atoms with Gasteiger partial charge in [-0.3, -0.25) is 9.59 Å². The molecule has 0 amide bonds. The number of nitrogens with zero attached hydrogens (tertiary/aromatic N) is 1. The molecule has 1 heterocycles. The van der Waals surface area contributed by atoms with Crippen LogP contribution in [0.3, 0.4) is 0 Å². The maximum absolute atomic E-state index is 11.8. The second-order valence-electron chi connectivity index (χ2n) is 3.32. The molecule has 1 aromatic rings. The molecule has 18 heavy (non-hydrogen) atoms. The Hall–Kier alpha value is -1.43. The van der Waals surface area contributed by atoms with Crippen LogP contribution in [0, 0.1) is 0 Å². The van der Waals surface area contributed by atoms with Crippen molar-refractivity contribution in [1.29, 1.82) is 0 Å². The van der Waals surface area contributed by atoms with Crippen molar-refractivity contribution in [1.82, 2.24) is 4.98 Å². The van der Waals surface area contributed by atoms with Crippen LogP contribution in [-0.2, 0) is 19.1 Å². The first-order valence-corrected chi connectivity index (χ1v) is 6.35. The van der Waals surface area contributed by atoms with E-state index in [1.807, 2.05) is 0 Å². The quantitative estimate of drug-likeness (QED) is 0.472. The van der Waals surface area contributed by atoms with Crippen molar-refractivity contribution in [2.45, 2.75) is 19.8 Å². The van der Waals surface area contributed by atoms with Gasteiger partial charge in [0.2, 0.25) is 0 Å². The molecule has 5 nitrogen and oxygen atoms in total. The maximum Gasteiger partial charge on any atom is 0.326 e. The first-order valence-electron chi connectivity index (χ1n) is 5.55. The standard InChI is InChI=1S/C12H14BrNO4/c1-3-17-11(15)10(12(16)18-4-2)8-6-5-7-9(13)14-8/h5-7,10H,3-4H2,1-2H3. The lowest BCUT2D eigenvalue weighted by Crippen LogP contribution is -2.27. The van der Waals surface area contributed by atoms with Crippen molar-refractivity contribution in [3.8, 4) is 0 Å². The summed E-state index contributed by atoms with van der Waals surface area (Å²) in [6.45, 7) is 3.74. The van der Waals surface area contributed by atoms with Gasteiger partial charge in [0.15, 0.2) is 5.92 Å². The van der Waals surface area contributed by atoms with Crippen LogP contribution in [0.25, 0.3) is 0 Å². The summed E-state index contributed by atoms with van der Waals surface area (Å²) in [5, 5.41) is 0. The number of pyridine rings is 1. The van der Waals surface area contributed by atoms with E-state index in [-0.39, 0.29) is 13.2 Å². The second kappa shape index (κ2) is 7.10. The lowest BCUT2D eigenvalue weighted by atomic mass is 10.1. The summed E-state index contributed by atoms with van der Waals surface area (Å²) in [5.41, 5.74) is 0.307. The molecule has 0 atom stereocenters. The van der Waals surface area contributed by atoms with Gasteiger partial charge in [-0.25, -0.2) is 4.98 Å². The van der Waals surface area contributed by atoms with Gasteiger partial charge in [-0.2, -0.15) is 0 Å². The van der Waals surface area contributed by atoms with Crippen molar-refractivity contribution in [2.24, 2.45) is 0 Å². The van der Waals surface area contributed by atoms with Gasteiger partial charge in [-0.15, -0.1) is 0 Å².